The molecule has 0 saturated carbocycles. The maximum Gasteiger partial charge on any atom is 0.310 e. The number of amides is 1. The van der Waals surface area contributed by atoms with Crippen LogP contribution in [0, 0.1) is 5.92 Å². The Kier molecular flexibility index (Phi) is 7.54. The van der Waals surface area contributed by atoms with Crippen LogP contribution in [0.15, 0.2) is 0 Å². The molecule has 116 valence electrons. The van der Waals surface area contributed by atoms with Crippen molar-refractivity contribution < 1.29 is 19.1 Å². The van der Waals surface area contributed by atoms with Crippen LogP contribution >= 0.6 is 0 Å². The highest BCUT2D eigenvalue weighted by Gasteiger charge is 2.31. The predicted octanol–water partition coefficient (Wildman–Crippen LogP) is 0.413. The molecule has 2 unspecified atom stereocenters. The van der Waals surface area contributed by atoms with Gasteiger partial charge in [-0.05, 0) is 33.2 Å². The van der Waals surface area contributed by atoms with Gasteiger partial charge in [-0.25, -0.2) is 0 Å². The zero-order chi connectivity index (χ0) is 15.0. The van der Waals surface area contributed by atoms with E-state index in [0.717, 1.165) is 19.4 Å². The van der Waals surface area contributed by atoms with Crippen LogP contribution in [0.4, 0.5) is 0 Å². The van der Waals surface area contributed by atoms with Gasteiger partial charge in [-0.15, -0.1) is 0 Å². The molecule has 1 aliphatic heterocycles. The van der Waals surface area contributed by atoms with Crippen molar-refractivity contribution in [3.63, 3.8) is 0 Å². The van der Waals surface area contributed by atoms with Gasteiger partial charge in [0.25, 0.3) is 0 Å². The van der Waals surface area contributed by atoms with Crippen LogP contribution < -0.4 is 5.32 Å². The van der Waals surface area contributed by atoms with Crippen molar-refractivity contribution in [2.75, 3.05) is 40.0 Å². The summed E-state index contributed by atoms with van der Waals surface area (Å²) in [7, 11) is 1.60. The lowest BCUT2D eigenvalue weighted by Crippen LogP contribution is -2.50. The molecule has 6 heteroatoms. The van der Waals surface area contributed by atoms with Gasteiger partial charge in [0.1, 0.15) is 0 Å². The molecule has 1 saturated heterocycles. The van der Waals surface area contributed by atoms with E-state index < -0.39 is 0 Å². The third-order valence-corrected chi connectivity index (χ3v) is 3.61. The minimum Gasteiger partial charge on any atom is -0.466 e. The van der Waals surface area contributed by atoms with Crippen LogP contribution in [-0.4, -0.2) is 62.8 Å². The minimum atomic E-state index is -0.232. The molecule has 2 atom stereocenters. The summed E-state index contributed by atoms with van der Waals surface area (Å²) in [5.74, 6) is -0.284. The van der Waals surface area contributed by atoms with Crippen molar-refractivity contribution in [1.29, 1.82) is 0 Å². The summed E-state index contributed by atoms with van der Waals surface area (Å²) in [5.41, 5.74) is 0. The Morgan fingerprint density at radius 1 is 1.45 bits per heavy atom. The molecule has 0 aliphatic carbocycles. The predicted molar refractivity (Wildman–Crippen MR) is 75.3 cm³/mol. The first kappa shape index (κ1) is 16.9. The number of hydrogen-bond donors (Lipinski definition) is 1. The molecule has 1 amide bonds. The molecular weight excluding hydrogens is 260 g/mol. The van der Waals surface area contributed by atoms with Gasteiger partial charge in [-0.1, -0.05) is 0 Å². The molecule has 20 heavy (non-hydrogen) atoms. The third kappa shape index (κ3) is 5.09. The van der Waals surface area contributed by atoms with Gasteiger partial charge in [0, 0.05) is 20.2 Å². The fraction of sp³-hybridized carbons (Fsp3) is 0.857. The van der Waals surface area contributed by atoms with Crippen molar-refractivity contribution >= 4 is 11.9 Å². The fourth-order valence-corrected chi connectivity index (χ4v) is 2.40. The van der Waals surface area contributed by atoms with Crippen LogP contribution in [0.2, 0.25) is 0 Å². The van der Waals surface area contributed by atoms with Gasteiger partial charge in [-0.3, -0.25) is 14.5 Å². The summed E-state index contributed by atoms with van der Waals surface area (Å²) >= 11 is 0. The molecule has 0 bridgehead atoms. The van der Waals surface area contributed by atoms with Gasteiger partial charge in [0.05, 0.1) is 25.2 Å². The highest BCUT2D eigenvalue weighted by molar-refractivity contribution is 5.81. The highest BCUT2D eigenvalue weighted by Crippen LogP contribution is 2.19. The van der Waals surface area contributed by atoms with E-state index in [-0.39, 0.29) is 23.8 Å². The zero-order valence-electron chi connectivity index (χ0n) is 12.7. The molecule has 1 aliphatic rings. The van der Waals surface area contributed by atoms with Crippen molar-refractivity contribution in [1.82, 2.24) is 10.2 Å². The SMILES string of the molecule is CCOC(=O)C1CCCN(C(C)C(=O)NCCOC)C1. The second-order valence-corrected chi connectivity index (χ2v) is 5.05. The van der Waals surface area contributed by atoms with Gasteiger partial charge >= 0.3 is 5.97 Å². The molecule has 0 aromatic carbocycles. The summed E-state index contributed by atoms with van der Waals surface area (Å²) in [6.45, 7) is 6.54. The maximum atomic E-state index is 12.0. The monoisotopic (exact) mass is 286 g/mol. The summed E-state index contributed by atoms with van der Waals surface area (Å²) in [4.78, 5) is 25.8. The number of nitrogens with zero attached hydrogens (tertiary/aromatic N) is 1. The van der Waals surface area contributed by atoms with E-state index in [4.69, 9.17) is 9.47 Å². The standard InChI is InChI=1S/C14H26N2O4/c1-4-20-14(18)12-6-5-8-16(10-12)11(2)13(17)15-7-9-19-3/h11-12H,4-10H2,1-3H3,(H,15,17). The first-order valence-corrected chi connectivity index (χ1v) is 7.27. The van der Waals surface area contributed by atoms with Crippen LogP contribution in [0.25, 0.3) is 0 Å². The number of methoxy groups -OCH3 is 1. The van der Waals surface area contributed by atoms with Gasteiger partial charge in [0.15, 0.2) is 0 Å². The number of hydrogen-bond acceptors (Lipinski definition) is 5. The lowest BCUT2D eigenvalue weighted by atomic mass is 9.97. The Morgan fingerprint density at radius 2 is 2.20 bits per heavy atom. The molecule has 0 radical (unpaired) electrons. The van der Waals surface area contributed by atoms with Crippen LogP contribution in [-0.2, 0) is 19.1 Å². The molecule has 0 aromatic rings. The third-order valence-electron chi connectivity index (χ3n) is 3.61. The molecule has 0 aromatic heterocycles. The van der Waals surface area contributed by atoms with Crippen molar-refractivity contribution in [2.24, 2.45) is 5.92 Å². The quantitative estimate of drug-likeness (QED) is 0.542. The fourth-order valence-electron chi connectivity index (χ4n) is 2.40. The van der Waals surface area contributed by atoms with Crippen LogP contribution in [0.1, 0.15) is 26.7 Å². The zero-order valence-corrected chi connectivity index (χ0v) is 12.7. The Hall–Kier alpha value is -1.14. The summed E-state index contributed by atoms with van der Waals surface area (Å²) in [5, 5.41) is 2.83. The Labute approximate surface area is 120 Å². The lowest BCUT2D eigenvalue weighted by molar-refractivity contribution is -0.151. The Balaban J connectivity index is 2.45. The molecule has 0 spiro atoms. The number of rotatable bonds is 7. The van der Waals surface area contributed by atoms with Crippen LogP contribution in [0.5, 0.6) is 0 Å². The molecule has 1 rings (SSSR count). The van der Waals surface area contributed by atoms with E-state index in [1.165, 1.54) is 0 Å². The molecule has 1 N–H and O–H groups in total. The van der Waals surface area contributed by atoms with E-state index in [0.29, 0.717) is 26.3 Å². The smallest absolute Gasteiger partial charge is 0.310 e. The molecular formula is C14H26N2O4. The first-order valence-electron chi connectivity index (χ1n) is 7.27. The Morgan fingerprint density at radius 3 is 2.85 bits per heavy atom. The number of nitrogens with one attached hydrogen (secondary N) is 1. The summed E-state index contributed by atoms with van der Waals surface area (Å²) in [6.07, 6.45) is 1.76. The summed E-state index contributed by atoms with van der Waals surface area (Å²) < 4.78 is 9.97. The number of esters is 1. The largest absolute Gasteiger partial charge is 0.466 e. The van der Waals surface area contributed by atoms with Gasteiger partial charge in [0.2, 0.25) is 5.91 Å². The maximum absolute atomic E-state index is 12.0. The number of piperidine rings is 1. The summed E-state index contributed by atoms with van der Waals surface area (Å²) in [6, 6.07) is -0.232. The number of carbonyl (C=O) groups excluding carboxylic acids is 2. The van der Waals surface area contributed by atoms with E-state index in [2.05, 4.69) is 5.32 Å². The van der Waals surface area contributed by atoms with E-state index >= 15 is 0 Å². The average molecular weight is 286 g/mol. The second kappa shape index (κ2) is 8.92. The lowest BCUT2D eigenvalue weighted by Gasteiger charge is -2.35. The molecule has 6 nitrogen and oxygen atoms in total. The second-order valence-electron chi connectivity index (χ2n) is 5.05. The highest BCUT2D eigenvalue weighted by atomic mass is 16.5. The number of carbonyl (C=O) groups is 2. The van der Waals surface area contributed by atoms with Gasteiger partial charge < -0.3 is 14.8 Å². The van der Waals surface area contributed by atoms with E-state index in [1.54, 1.807) is 7.11 Å². The van der Waals surface area contributed by atoms with E-state index in [1.807, 2.05) is 18.7 Å². The van der Waals surface area contributed by atoms with Gasteiger partial charge in [-0.2, -0.15) is 0 Å². The topological polar surface area (TPSA) is 67.9 Å². The normalized spacial score (nSPS) is 21.2. The number of ether oxygens (including phenoxy) is 2. The van der Waals surface area contributed by atoms with Crippen LogP contribution in [0.3, 0.4) is 0 Å². The molecule has 1 fully saturated rings. The minimum absolute atomic E-state index is 0.0217. The van der Waals surface area contributed by atoms with E-state index in [9.17, 15) is 9.59 Å². The van der Waals surface area contributed by atoms with Crippen molar-refractivity contribution in [3.05, 3.63) is 0 Å². The average Bonchev–Trinajstić information content (AvgIpc) is 2.47. The first-order chi connectivity index (χ1) is 9.60. The van der Waals surface area contributed by atoms with Crippen molar-refractivity contribution in [3.8, 4) is 0 Å². The Bertz CT molecular complexity index is 322. The van der Waals surface area contributed by atoms with Crippen molar-refractivity contribution in [2.45, 2.75) is 32.7 Å². The number of likely N-dealkylation sites (tertiary alicyclic amines) is 1. The molecule has 1 heterocycles.